The van der Waals surface area contributed by atoms with Crippen molar-refractivity contribution in [3.8, 4) is 5.75 Å². The molecule has 0 unspecified atom stereocenters. The van der Waals surface area contributed by atoms with E-state index in [1.165, 1.54) is 0 Å². The van der Waals surface area contributed by atoms with Crippen LogP contribution in [0, 0.1) is 0 Å². The van der Waals surface area contributed by atoms with Crippen LogP contribution in [0.15, 0.2) is 24.3 Å². The molecule has 0 aliphatic carbocycles. The van der Waals surface area contributed by atoms with Crippen LogP contribution in [0.1, 0.15) is 18.9 Å². The van der Waals surface area contributed by atoms with Crippen LogP contribution in [0.4, 0.5) is 0 Å². The first kappa shape index (κ1) is 16.0. The van der Waals surface area contributed by atoms with Gasteiger partial charge < -0.3 is 19.5 Å². The minimum absolute atomic E-state index is 0.623. The molecular weight excluding hydrogens is 242 g/mol. The minimum atomic E-state index is 0.623. The SMILES string of the molecule is CCOCCCNCCOCc1cccc(OC)c1. The second kappa shape index (κ2) is 10.8. The largest absolute Gasteiger partial charge is 0.497 e. The van der Waals surface area contributed by atoms with E-state index < -0.39 is 0 Å². The first-order valence-corrected chi connectivity index (χ1v) is 6.86. The number of nitrogens with one attached hydrogen (secondary N) is 1. The molecule has 1 aromatic rings. The molecule has 0 saturated carbocycles. The molecule has 0 atom stereocenters. The first-order chi connectivity index (χ1) is 9.36. The molecule has 1 rings (SSSR count). The van der Waals surface area contributed by atoms with Crippen LogP contribution in [-0.4, -0.2) is 40.0 Å². The summed E-state index contributed by atoms with van der Waals surface area (Å²) in [6.45, 7) is 6.82. The zero-order valence-corrected chi connectivity index (χ0v) is 12.0. The molecule has 1 N–H and O–H groups in total. The Morgan fingerprint density at radius 3 is 2.79 bits per heavy atom. The summed E-state index contributed by atoms with van der Waals surface area (Å²) in [7, 11) is 1.67. The standard InChI is InChI=1S/C15H25NO3/c1-3-18-10-5-8-16-9-11-19-13-14-6-4-7-15(12-14)17-2/h4,6-7,12,16H,3,5,8-11,13H2,1-2H3. The van der Waals surface area contributed by atoms with Crippen molar-refractivity contribution in [1.29, 1.82) is 0 Å². The van der Waals surface area contributed by atoms with Crippen LogP contribution in [0.5, 0.6) is 5.75 Å². The lowest BCUT2D eigenvalue weighted by Gasteiger charge is -2.07. The summed E-state index contributed by atoms with van der Waals surface area (Å²) in [5, 5.41) is 3.32. The van der Waals surface area contributed by atoms with Crippen molar-refractivity contribution in [1.82, 2.24) is 5.32 Å². The maximum atomic E-state index is 5.60. The van der Waals surface area contributed by atoms with Crippen LogP contribution in [-0.2, 0) is 16.1 Å². The van der Waals surface area contributed by atoms with Gasteiger partial charge in [0, 0.05) is 19.8 Å². The van der Waals surface area contributed by atoms with Gasteiger partial charge in [-0.1, -0.05) is 12.1 Å². The summed E-state index contributed by atoms with van der Waals surface area (Å²) in [6, 6.07) is 7.94. The highest BCUT2D eigenvalue weighted by molar-refractivity contribution is 5.27. The van der Waals surface area contributed by atoms with Crippen molar-refractivity contribution >= 4 is 0 Å². The number of benzene rings is 1. The molecule has 4 nitrogen and oxygen atoms in total. The first-order valence-electron chi connectivity index (χ1n) is 6.86. The van der Waals surface area contributed by atoms with Crippen LogP contribution in [0.3, 0.4) is 0 Å². The third kappa shape index (κ3) is 7.82. The van der Waals surface area contributed by atoms with E-state index in [1.807, 2.05) is 31.2 Å². The fourth-order valence-electron chi connectivity index (χ4n) is 1.67. The fourth-order valence-corrected chi connectivity index (χ4v) is 1.67. The van der Waals surface area contributed by atoms with Gasteiger partial charge in [-0.3, -0.25) is 0 Å². The quantitative estimate of drug-likeness (QED) is 0.624. The van der Waals surface area contributed by atoms with E-state index in [0.717, 1.165) is 44.0 Å². The van der Waals surface area contributed by atoms with E-state index >= 15 is 0 Å². The van der Waals surface area contributed by atoms with Crippen molar-refractivity contribution in [3.05, 3.63) is 29.8 Å². The second-order valence-corrected chi connectivity index (χ2v) is 4.20. The highest BCUT2D eigenvalue weighted by Crippen LogP contribution is 2.12. The molecular formula is C15H25NO3. The Morgan fingerprint density at radius 1 is 1.11 bits per heavy atom. The Balaban J connectivity index is 1.98. The third-order valence-electron chi connectivity index (χ3n) is 2.67. The fraction of sp³-hybridized carbons (Fsp3) is 0.600. The zero-order valence-electron chi connectivity index (χ0n) is 12.0. The molecule has 0 saturated heterocycles. The highest BCUT2D eigenvalue weighted by atomic mass is 16.5. The Hall–Kier alpha value is -1.10. The summed E-state index contributed by atoms with van der Waals surface area (Å²) >= 11 is 0. The van der Waals surface area contributed by atoms with Crippen molar-refractivity contribution in [2.45, 2.75) is 20.0 Å². The summed E-state index contributed by atoms with van der Waals surface area (Å²) in [5.74, 6) is 0.871. The average molecular weight is 267 g/mol. The van der Waals surface area contributed by atoms with Crippen LogP contribution in [0.25, 0.3) is 0 Å². The molecule has 0 radical (unpaired) electrons. The second-order valence-electron chi connectivity index (χ2n) is 4.20. The predicted octanol–water partition coefficient (Wildman–Crippen LogP) is 2.23. The van der Waals surface area contributed by atoms with Gasteiger partial charge in [-0.05, 0) is 37.6 Å². The summed E-state index contributed by atoms with van der Waals surface area (Å²) in [6.07, 6.45) is 1.05. The number of hydrogen-bond donors (Lipinski definition) is 1. The predicted molar refractivity (Wildman–Crippen MR) is 76.6 cm³/mol. The minimum Gasteiger partial charge on any atom is -0.497 e. The van der Waals surface area contributed by atoms with Crippen LogP contribution in [0.2, 0.25) is 0 Å². The molecule has 108 valence electrons. The maximum Gasteiger partial charge on any atom is 0.119 e. The number of methoxy groups -OCH3 is 1. The van der Waals surface area contributed by atoms with E-state index in [1.54, 1.807) is 7.11 Å². The Kier molecular flexibility index (Phi) is 9.06. The van der Waals surface area contributed by atoms with E-state index in [0.29, 0.717) is 13.2 Å². The lowest BCUT2D eigenvalue weighted by molar-refractivity contribution is 0.120. The van der Waals surface area contributed by atoms with E-state index in [9.17, 15) is 0 Å². The summed E-state index contributed by atoms with van der Waals surface area (Å²) in [4.78, 5) is 0. The molecule has 0 aliphatic heterocycles. The van der Waals surface area contributed by atoms with Crippen molar-refractivity contribution in [2.24, 2.45) is 0 Å². The van der Waals surface area contributed by atoms with E-state index in [2.05, 4.69) is 5.32 Å². The summed E-state index contributed by atoms with van der Waals surface area (Å²) in [5.41, 5.74) is 1.13. The molecule has 0 aliphatic rings. The van der Waals surface area contributed by atoms with Gasteiger partial charge in [0.05, 0.1) is 20.3 Å². The maximum absolute atomic E-state index is 5.60. The van der Waals surface area contributed by atoms with E-state index in [4.69, 9.17) is 14.2 Å². The van der Waals surface area contributed by atoms with Crippen LogP contribution >= 0.6 is 0 Å². The molecule has 0 spiro atoms. The monoisotopic (exact) mass is 267 g/mol. The number of hydrogen-bond acceptors (Lipinski definition) is 4. The summed E-state index contributed by atoms with van der Waals surface area (Å²) < 4.78 is 16.0. The Morgan fingerprint density at radius 2 is 2.00 bits per heavy atom. The number of rotatable bonds is 11. The average Bonchev–Trinajstić information content (AvgIpc) is 2.46. The lowest BCUT2D eigenvalue weighted by atomic mass is 10.2. The van der Waals surface area contributed by atoms with Gasteiger partial charge in [0.15, 0.2) is 0 Å². The molecule has 4 heteroatoms. The molecule has 1 aromatic carbocycles. The Labute approximate surface area is 116 Å². The van der Waals surface area contributed by atoms with E-state index in [-0.39, 0.29) is 0 Å². The molecule has 0 amide bonds. The smallest absolute Gasteiger partial charge is 0.119 e. The third-order valence-corrected chi connectivity index (χ3v) is 2.67. The van der Waals surface area contributed by atoms with Gasteiger partial charge in [-0.2, -0.15) is 0 Å². The zero-order chi connectivity index (χ0) is 13.8. The van der Waals surface area contributed by atoms with Crippen molar-refractivity contribution < 1.29 is 14.2 Å². The van der Waals surface area contributed by atoms with Crippen molar-refractivity contribution in [2.75, 3.05) is 40.0 Å². The van der Waals surface area contributed by atoms with Gasteiger partial charge >= 0.3 is 0 Å². The lowest BCUT2D eigenvalue weighted by Crippen LogP contribution is -2.21. The van der Waals surface area contributed by atoms with Gasteiger partial charge in [-0.25, -0.2) is 0 Å². The molecule has 19 heavy (non-hydrogen) atoms. The van der Waals surface area contributed by atoms with Crippen molar-refractivity contribution in [3.63, 3.8) is 0 Å². The number of ether oxygens (including phenoxy) is 3. The molecule has 0 fully saturated rings. The highest BCUT2D eigenvalue weighted by Gasteiger charge is 1.96. The van der Waals surface area contributed by atoms with Gasteiger partial charge in [0.1, 0.15) is 5.75 Å². The van der Waals surface area contributed by atoms with Gasteiger partial charge in [0.2, 0.25) is 0 Å². The molecule has 0 aromatic heterocycles. The molecule has 0 bridgehead atoms. The van der Waals surface area contributed by atoms with Crippen LogP contribution < -0.4 is 10.1 Å². The normalized spacial score (nSPS) is 10.6. The Bertz CT molecular complexity index is 331. The topological polar surface area (TPSA) is 39.7 Å². The molecule has 0 heterocycles. The van der Waals surface area contributed by atoms with Gasteiger partial charge in [-0.15, -0.1) is 0 Å². The van der Waals surface area contributed by atoms with Gasteiger partial charge in [0.25, 0.3) is 0 Å².